The summed E-state index contributed by atoms with van der Waals surface area (Å²) in [4.78, 5) is 38.5. The molecule has 8 bridgehead atoms. The van der Waals surface area contributed by atoms with Crippen LogP contribution in [0.1, 0.15) is 0 Å². The SMILES string of the molecule is C[n+]1ccc(Oc2ccc3c(c2)-c2nc-3nc3[nH]c(nc4nc(nc5[nH]c(n2)c2ccc(Oc6cc[n+](C)cc6)cc52)-c2ccc(Oc5cc[n+](C)cc5)cc2-4)c2ccc(Oc4cc[n+](C)cc4)cc32)cc1.[Zn+2]. The number of aryl methyl sites for hydroxylation is 4. The van der Waals surface area contributed by atoms with E-state index < -0.39 is 0 Å². The molecule has 16 nitrogen and oxygen atoms in total. The molecular formula is C56H42N12O4Zn+6. The van der Waals surface area contributed by atoms with E-state index in [1.165, 1.54) is 0 Å². The number of pyridine rings is 4. The quantitative estimate of drug-likeness (QED) is 0.111. The van der Waals surface area contributed by atoms with Gasteiger partial charge in [0.25, 0.3) is 0 Å². The molecule has 0 unspecified atom stereocenters. The van der Waals surface area contributed by atoms with Crippen molar-refractivity contribution < 1.29 is 56.7 Å². The molecule has 0 saturated heterocycles. The standard InChI is InChI=1S/C56H42N12O4.Zn/c1-65-21-13-33(14-22-65)69-37-5-9-41-45(29-37)53-57-49(41)62-54-47-31-39(71-35-17-25-67(3)26-18-35)7-11-43(47)51(59-54)64-56-48-32-40(72-36-19-27-68(4)28-20-36)8-12-44(48)52(60-56)63-55-46-30-38(6-10-42(46)50(58-55)61-53)70-34-15-23-66(2)24-16-34;/h5-32H,1-4H3,(H2,57,58,59,60,61,62,63,64);/q+4;+2. The fraction of sp³-hybridized carbons (Fsp3) is 0.0714. The summed E-state index contributed by atoms with van der Waals surface area (Å²) in [6, 6.07) is 38.7. The predicted octanol–water partition coefficient (Wildman–Crippen LogP) is 9.33. The average Bonchev–Trinajstić information content (AvgIpc) is 4.12. The Morgan fingerprint density at radius 2 is 0.562 bits per heavy atom. The van der Waals surface area contributed by atoms with Crippen molar-refractivity contribution in [1.82, 2.24) is 39.9 Å². The van der Waals surface area contributed by atoms with Gasteiger partial charge in [-0.15, -0.1) is 0 Å². The minimum absolute atomic E-state index is 0. The molecule has 0 amide bonds. The van der Waals surface area contributed by atoms with E-state index in [0.717, 1.165) is 43.8 Å². The summed E-state index contributed by atoms with van der Waals surface area (Å²) in [5.41, 5.74) is 5.06. The fourth-order valence-electron chi connectivity index (χ4n) is 8.73. The summed E-state index contributed by atoms with van der Waals surface area (Å²) < 4.78 is 33.4. The van der Waals surface area contributed by atoms with Crippen LogP contribution < -0.4 is 37.2 Å². The first-order valence-electron chi connectivity index (χ1n) is 23.1. The zero-order chi connectivity index (χ0) is 48.5. The van der Waals surface area contributed by atoms with Crippen LogP contribution in [-0.4, -0.2) is 39.9 Å². The maximum Gasteiger partial charge on any atom is 2.00 e. The second kappa shape index (κ2) is 18.1. The van der Waals surface area contributed by atoms with Gasteiger partial charge in [0.1, 0.15) is 96.8 Å². The molecule has 0 aliphatic carbocycles. The van der Waals surface area contributed by atoms with Crippen LogP contribution in [-0.2, 0) is 47.7 Å². The molecule has 73 heavy (non-hydrogen) atoms. The molecule has 346 valence electrons. The molecule has 11 aromatic rings. The first kappa shape index (κ1) is 44.8. The van der Waals surface area contributed by atoms with Gasteiger partial charge in [0.15, 0.2) is 72.9 Å². The van der Waals surface area contributed by atoms with Crippen molar-refractivity contribution in [3.05, 3.63) is 171 Å². The third kappa shape index (κ3) is 8.72. The number of nitrogens with zero attached hydrogens (tertiary/aromatic N) is 10. The average molecular weight is 1010 g/mol. The van der Waals surface area contributed by atoms with E-state index in [2.05, 4.69) is 9.97 Å². The Labute approximate surface area is 429 Å². The van der Waals surface area contributed by atoms with E-state index in [1.807, 2.05) is 217 Å². The number of aromatic nitrogens is 12. The minimum atomic E-state index is 0. The van der Waals surface area contributed by atoms with E-state index in [-0.39, 0.29) is 19.5 Å². The molecule has 2 aliphatic rings. The van der Waals surface area contributed by atoms with Gasteiger partial charge < -0.3 is 28.9 Å². The number of fused-ring (bicyclic) bond motifs is 20. The number of hydrogen-bond donors (Lipinski definition) is 2. The number of ether oxygens (including phenoxy) is 4. The van der Waals surface area contributed by atoms with Crippen LogP contribution in [0, 0.1) is 0 Å². The van der Waals surface area contributed by atoms with Gasteiger partial charge in [-0.3, -0.25) is 0 Å². The first-order valence-corrected chi connectivity index (χ1v) is 23.1. The monoisotopic (exact) mass is 1010 g/mol. The van der Waals surface area contributed by atoms with Crippen LogP contribution in [0.15, 0.2) is 171 Å². The molecule has 0 atom stereocenters. The van der Waals surface area contributed by atoms with Crippen LogP contribution in [0.25, 0.3) is 89.7 Å². The Morgan fingerprint density at radius 1 is 0.288 bits per heavy atom. The smallest absolute Gasteiger partial charge is 0.457 e. The molecule has 9 heterocycles. The molecule has 7 aromatic heterocycles. The van der Waals surface area contributed by atoms with Gasteiger partial charge in [-0.2, -0.15) is 0 Å². The second-order valence-electron chi connectivity index (χ2n) is 17.6. The maximum absolute atomic E-state index is 6.39. The van der Waals surface area contributed by atoms with Crippen LogP contribution in [0.5, 0.6) is 46.0 Å². The zero-order valence-electron chi connectivity index (χ0n) is 40.0. The predicted molar refractivity (Wildman–Crippen MR) is 267 cm³/mol. The molecule has 13 rings (SSSR count). The van der Waals surface area contributed by atoms with Crippen LogP contribution >= 0.6 is 0 Å². The van der Waals surface area contributed by atoms with Gasteiger partial charge in [-0.25, -0.2) is 48.2 Å². The molecule has 17 heteroatoms. The fourth-order valence-corrected chi connectivity index (χ4v) is 8.73. The number of nitrogens with one attached hydrogen (secondary N) is 2. The summed E-state index contributed by atoms with van der Waals surface area (Å²) in [6.07, 6.45) is 15.5. The third-order valence-electron chi connectivity index (χ3n) is 12.5. The van der Waals surface area contributed by atoms with Gasteiger partial charge >= 0.3 is 19.5 Å². The van der Waals surface area contributed by atoms with E-state index in [0.29, 0.717) is 91.9 Å². The van der Waals surface area contributed by atoms with Gasteiger partial charge in [0.05, 0.1) is 0 Å². The summed E-state index contributed by atoms with van der Waals surface area (Å²) in [5.74, 6) is 6.94. The molecule has 0 radical (unpaired) electrons. The maximum atomic E-state index is 6.39. The van der Waals surface area contributed by atoms with Gasteiger partial charge in [-0.1, -0.05) is 0 Å². The molecule has 0 fully saturated rings. The third-order valence-corrected chi connectivity index (χ3v) is 12.5. The number of hydrogen-bond acceptors (Lipinski definition) is 10. The molecular weight excluding hydrogens is 970 g/mol. The zero-order valence-corrected chi connectivity index (χ0v) is 42.9. The molecule has 2 aliphatic heterocycles. The van der Waals surface area contributed by atoms with Crippen molar-refractivity contribution in [1.29, 1.82) is 0 Å². The topological polar surface area (TPSA) is 161 Å². The number of aromatic amines is 2. The second-order valence-corrected chi connectivity index (χ2v) is 17.6. The van der Waals surface area contributed by atoms with E-state index in [9.17, 15) is 0 Å². The Balaban J connectivity index is 0.00000543. The summed E-state index contributed by atoms with van der Waals surface area (Å²) in [5, 5.41) is 3.09. The largest absolute Gasteiger partial charge is 2.00 e. The normalized spacial score (nSPS) is 11.5. The summed E-state index contributed by atoms with van der Waals surface area (Å²) in [7, 11) is 7.85. The van der Waals surface area contributed by atoms with Crippen molar-refractivity contribution in [2.45, 2.75) is 0 Å². The van der Waals surface area contributed by atoms with Gasteiger partial charge in [0.2, 0.25) is 0 Å². The van der Waals surface area contributed by atoms with Crippen molar-refractivity contribution >= 4 is 44.1 Å². The molecule has 0 spiro atoms. The van der Waals surface area contributed by atoms with Crippen molar-refractivity contribution in [2.24, 2.45) is 28.2 Å². The molecule has 2 N–H and O–H groups in total. The van der Waals surface area contributed by atoms with Gasteiger partial charge in [-0.05, 0) is 72.8 Å². The number of rotatable bonds is 8. The van der Waals surface area contributed by atoms with Crippen LogP contribution in [0.4, 0.5) is 0 Å². The van der Waals surface area contributed by atoms with E-state index in [4.69, 9.17) is 48.9 Å². The van der Waals surface area contributed by atoms with E-state index in [1.54, 1.807) is 0 Å². The van der Waals surface area contributed by atoms with Gasteiger partial charge in [0, 0.05) is 92.3 Å². The van der Waals surface area contributed by atoms with Crippen molar-refractivity contribution in [3.63, 3.8) is 0 Å². The summed E-state index contributed by atoms with van der Waals surface area (Å²) >= 11 is 0. The first-order chi connectivity index (χ1) is 35.2. The Morgan fingerprint density at radius 3 is 0.890 bits per heavy atom. The Kier molecular flexibility index (Phi) is 11.1. The van der Waals surface area contributed by atoms with Crippen molar-refractivity contribution in [3.8, 4) is 91.5 Å². The van der Waals surface area contributed by atoms with Crippen LogP contribution in [0.3, 0.4) is 0 Å². The Hall–Kier alpha value is -9.34. The summed E-state index contributed by atoms with van der Waals surface area (Å²) in [6.45, 7) is 0. The van der Waals surface area contributed by atoms with Crippen LogP contribution in [0.2, 0.25) is 0 Å². The Bertz CT molecular complexity index is 3880. The number of H-pyrrole nitrogens is 2. The molecule has 0 saturated carbocycles. The minimum Gasteiger partial charge on any atom is -0.457 e. The number of benzene rings is 4. The van der Waals surface area contributed by atoms with E-state index >= 15 is 0 Å². The molecule has 4 aromatic carbocycles. The van der Waals surface area contributed by atoms with Crippen molar-refractivity contribution in [2.75, 3.05) is 0 Å².